The third-order valence-electron chi connectivity index (χ3n) is 2.85. The van der Waals surface area contributed by atoms with Gasteiger partial charge in [-0.05, 0) is 39.2 Å². The Labute approximate surface area is 96.5 Å². The highest BCUT2D eigenvalue weighted by molar-refractivity contribution is 5.06. The van der Waals surface area contributed by atoms with Crippen molar-refractivity contribution in [3.63, 3.8) is 0 Å². The maximum atomic E-state index is 5.67. The lowest BCUT2D eigenvalue weighted by atomic mass is 10.2. The lowest BCUT2D eigenvalue weighted by Gasteiger charge is -2.22. The third kappa shape index (κ3) is 3.06. The Kier molecular flexibility index (Phi) is 3.96. The van der Waals surface area contributed by atoms with Crippen LogP contribution in [0.2, 0.25) is 0 Å². The number of aromatic nitrogens is 2. The van der Waals surface area contributed by atoms with Crippen molar-refractivity contribution in [2.45, 2.75) is 45.9 Å². The van der Waals surface area contributed by atoms with Crippen LogP contribution in [-0.4, -0.2) is 29.3 Å². The second-order valence-electron chi connectivity index (χ2n) is 4.32. The quantitative estimate of drug-likeness (QED) is 0.785. The van der Waals surface area contributed by atoms with E-state index in [4.69, 9.17) is 9.47 Å². The van der Waals surface area contributed by atoms with E-state index in [2.05, 4.69) is 18.1 Å². The van der Waals surface area contributed by atoms with Crippen LogP contribution in [0.1, 0.15) is 30.7 Å². The third-order valence-corrected chi connectivity index (χ3v) is 2.85. The minimum absolute atomic E-state index is 0.00529. The average molecular weight is 224 g/mol. The molecule has 1 saturated heterocycles. The van der Waals surface area contributed by atoms with E-state index in [9.17, 15) is 0 Å². The second kappa shape index (κ2) is 5.46. The summed E-state index contributed by atoms with van der Waals surface area (Å²) in [5, 5.41) is 4.39. The Balaban J connectivity index is 1.73. The molecular formula is C12H20N2O2. The zero-order chi connectivity index (χ0) is 11.4. The fraction of sp³-hybridized carbons (Fsp3) is 0.750. The van der Waals surface area contributed by atoms with Gasteiger partial charge in [0.2, 0.25) is 0 Å². The molecule has 1 aliphatic heterocycles. The van der Waals surface area contributed by atoms with Crippen LogP contribution in [-0.2, 0) is 16.0 Å². The van der Waals surface area contributed by atoms with Crippen LogP contribution in [0, 0.1) is 13.8 Å². The summed E-state index contributed by atoms with van der Waals surface area (Å²) in [6.45, 7) is 6.39. The predicted molar refractivity (Wildman–Crippen MR) is 61.2 cm³/mol. The summed E-state index contributed by atoms with van der Waals surface area (Å²) in [6, 6.07) is 2.08. The maximum absolute atomic E-state index is 5.67. The Morgan fingerprint density at radius 1 is 1.50 bits per heavy atom. The molecule has 1 aromatic rings. The monoisotopic (exact) mass is 224 g/mol. The number of aryl methyl sites for hydroxylation is 2. The highest BCUT2D eigenvalue weighted by atomic mass is 16.7. The van der Waals surface area contributed by atoms with Crippen molar-refractivity contribution in [1.29, 1.82) is 0 Å². The van der Waals surface area contributed by atoms with Crippen LogP contribution < -0.4 is 0 Å². The van der Waals surface area contributed by atoms with Gasteiger partial charge in [-0.15, -0.1) is 0 Å². The molecule has 1 aromatic heterocycles. The molecule has 0 saturated carbocycles. The van der Waals surface area contributed by atoms with Crippen LogP contribution in [0.5, 0.6) is 0 Å². The van der Waals surface area contributed by atoms with Gasteiger partial charge in [0, 0.05) is 12.3 Å². The molecule has 16 heavy (non-hydrogen) atoms. The molecule has 0 aromatic carbocycles. The van der Waals surface area contributed by atoms with Crippen molar-refractivity contribution in [1.82, 2.24) is 9.78 Å². The molecule has 0 aliphatic carbocycles. The van der Waals surface area contributed by atoms with E-state index in [1.54, 1.807) is 0 Å². The summed E-state index contributed by atoms with van der Waals surface area (Å²) in [6.07, 6.45) is 3.41. The van der Waals surface area contributed by atoms with Gasteiger partial charge in [-0.2, -0.15) is 5.10 Å². The molecule has 0 unspecified atom stereocenters. The summed E-state index contributed by atoms with van der Waals surface area (Å²) in [4.78, 5) is 0. The van der Waals surface area contributed by atoms with Crippen molar-refractivity contribution in [3.8, 4) is 0 Å². The molecule has 1 fully saturated rings. The maximum Gasteiger partial charge on any atom is 0.157 e. The van der Waals surface area contributed by atoms with Crippen LogP contribution in [0.4, 0.5) is 0 Å². The molecule has 0 radical (unpaired) electrons. The van der Waals surface area contributed by atoms with Crippen LogP contribution in [0.25, 0.3) is 0 Å². The van der Waals surface area contributed by atoms with Gasteiger partial charge in [0.25, 0.3) is 0 Å². The number of hydrogen-bond acceptors (Lipinski definition) is 3. The highest BCUT2D eigenvalue weighted by Crippen LogP contribution is 2.13. The molecule has 0 N–H and O–H groups in total. The number of rotatable bonds is 4. The van der Waals surface area contributed by atoms with Gasteiger partial charge < -0.3 is 9.47 Å². The van der Waals surface area contributed by atoms with Gasteiger partial charge >= 0.3 is 0 Å². The normalized spacial score (nSPS) is 21.2. The van der Waals surface area contributed by atoms with Gasteiger partial charge in [-0.1, -0.05) is 0 Å². The zero-order valence-corrected chi connectivity index (χ0v) is 10.1. The summed E-state index contributed by atoms with van der Waals surface area (Å²) in [7, 11) is 0. The standard InChI is InChI=1S/C12H20N2O2/c1-10-9-11(2)14(13-10)6-8-16-12-5-3-4-7-15-12/h9,12H,3-8H2,1-2H3/t12-/m0/s1. The first-order valence-corrected chi connectivity index (χ1v) is 6.00. The van der Waals surface area contributed by atoms with E-state index < -0.39 is 0 Å². The summed E-state index contributed by atoms with van der Waals surface area (Å²) < 4.78 is 13.2. The Morgan fingerprint density at radius 2 is 2.38 bits per heavy atom. The lowest BCUT2D eigenvalue weighted by Crippen LogP contribution is -2.24. The van der Waals surface area contributed by atoms with Gasteiger partial charge in [0.1, 0.15) is 0 Å². The van der Waals surface area contributed by atoms with Crippen molar-refractivity contribution in [3.05, 3.63) is 17.5 Å². The molecule has 0 bridgehead atoms. The van der Waals surface area contributed by atoms with Gasteiger partial charge in [0.15, 0.2) is 6.29 Å². The largest absolute Gasteiger partial charge is 0.353 e. The lowest BCUT2D eigenvalue weighted by molar-refractivity contribution is -0.163. The van der Waals surface area contributed by atoms with Gasteiger partial charge in [-0.3, -0.25) is 4.68 Å². The summed E-state index contributed by atoms with van der Waals surface area (Å²) in [5.41, 5.74) is 2.25. The van der Waals surface area contributed by atoms with Crippen LogP contribution in [0.3, 0.4) is 0 Å². The van der Waals surface area contributed by atoms with E-state index in [1.165, 1.54) is 12.1 Å². The minimum atomic E-state index is 0.00529. The minimum Gasteiger partial charge on any atom is -0.353 e. The zero-order valence-electron chi connectivity index (χ0n) is 10.1. The smallest absolute Gasteiger partial charge is 0.157 e. The molecule has 0 spiro atoms. The molecule has 4 heteroatoms. The highest BCUT2D eigenvalue weighted by Gasteiger charge is 2.13. The molecule has 2 rings (SSSR count). The second-order valence-corrected chi connectivity index (χ2v) is 4.32. The number of hydrogen-bond donors (Lipinski definition) is 0. The molecule has 90 valence electrons. The van der Waals surface area contributed by atoms with Crippen molar-refractivity contribution >= 4 is 0 Å². The van der Waals surface area contributed by atoms with Gasteiger partial charge in [-0.25, -0.2) is 0 Å². The molecule has 2 heterocycles. The van der Waals surface area contributed by atoms with Crippen molar-refractivity contribution < 1.29 is 9.47 Å². The topological polar surface area (TPSA) is 36.3 Å². The first-order valence-electron chi connectivity index (χ1n) is 6.00. The first-order chi connectivity index (χ1) is 7.75. The molecule has 1 atom stereocenters. The van der Waals surface area contributed by atoms with E-state index in [0.717, 1.165) is 31.7 Å². The average Bonchev–Trinajstić information content (AvgIpc) is 2.59. The summed E-state index contributed by atoms with van der Waals surface area (Å²) >= 11 is 0. The molecule has 1 aliphatic rings. The fourth-order valence-electron chi connectivity index (χ4n) is 2.01. The van der Waals surface area contributed by atoms with Crippen molar-refractivity contribution in [2.75, 3.05) is 13.2 Å². The van der Waals surface area contributed by atoms with Crippen molar-refractivity contribution in [2.24, 2.45) is 0 Å². The molecule has 4 nitrogen and oxygen atoms in total. The predicted octanol–water partition coefficient (Wildman–Crippen LogP) is 2.04. The van der Waals surface area contributed by atoms with Crippen LogP contribution in [0.15, 0.2) is 6.07 Å². The first kappa shape index (κ1) is 11.6. The fourth-order valence-corrected chi connectivity index (χ4v) is 2.01. The molecule has 0 amide bonds. The number of ether oxygens (including phenoxy) is 2. The Morgan fingerprint density at radius 3 is 3.00 bits per heavy atom. The SMILES string of the molecule is Cc1cc(C)n(CCO[C@H]2CCCCO2)n1. The summed E-state index contributed by atoms with van der Waals surface area (Å²) in [5.74, 6) is 0. The Hall–Kier alpha value is -0.870. The van der Waals surface area contributed by atoms with E-state index in [1.807, 2.05) is 11.6 Å². The Bertz CT molecular complexity index is 330. The van der Waals surface area contributed by atoms with E-state index >= 15 is 0 Å². The molecular weight excluding hydrogens is 204 g/mol. The van der Waals surface area contributed by atoms with Gasteiger partial charge in [0.05, 0.1) is 18.8 Å². The number of nitrogens with zero attached hydrogens (tertiary/aromatic N) is 2. The van der Waals surface area contributed by atoms with E-state index in [0.29, 0.717) is 6.61 Å². The van der Waals surface area contributed by atoms with E-state index in [-0.39, 0.29) is 6.29 Å². The van der Waals surface area contributed by atoms with Crippen LogP contribution >= 0.6 is 0 Å².